The fourth-order valence-corrected chi connectivity index (χ4v) is 6.62. The summed E-state index contributed by atoms with van der Waals surface area (Å²) in [6.07, 6.45) is 1.72. The highest BCUT2D eigenvalue weighted by molar-refractivity contribution is 7.89. The van der Waals surface area contributed by atoms with E-state index in [-0.39, 0.29) is 16.5 Å². The average molecular weight is 518 g/mol. The van der Waals surface area contributed by atoms with Gasteiger partial charge in [-0.25, -0.2) is 17.9 Å². The number of amides is 1. The van der Waals surface area contributed by atoms with Crippen LogP contribution in [0.5, 0.6) is 0 Å². The van der Waals surface area contributed by atoms with Crippen molar-refractivity contribution in [3.8, 4) is 11.1 Å². The maximum Gasteiger partial charge on any atom is 0.276 e. The van der Waals surface area contributed by atoms with E-state index in [9.17, 15) is 13.2 Å². The number of nitrogens with zero attached hydrogens (tertiary/aromatic N) is 4. The molecule has 2 aromatic heterocycles. The van der Waals surface area contributed by atoms with Crippen LogP contribution in [0.4, 0.5) is 5.69 Å². The van der Waals surface area contributed by atoms with Crippen molar-refractivity contribution in [1.82, 2.24) is 18.9 Å². The summed E-state index contributed by atoms with van der Waals surface area (Å²) in [5.41, 5.74) is 6.92. The number of hydrogen-bond acceptors (Lipinski definition) is 5. The monoisotopic (exact) mass is 517 g/mol. The highest BCUT2D eigenvalue weighted by Crippen LogP contribution is 2.33. The van der Waals surface area contributed by atoms with Gasteiger partial charge in [0.25, 0.3) is 5.91 Å². The first kappa shape index (κ1) is 25.1. The third kappa shape index (κ3) is 4.53. The molecule has 8 nitrogen and oxygen atoms in total. The Morgan fingerprint density at radius 2 is 1.59 bits per heavy atom. The van der Waals surface area contributed by atoms with Crippen LogP contribution in [0.3, 0.4) is 0 Å². The molecule has 1 aliphatic rings. The molecule has 9 heteroatoms. The summed E-state index contributed by atoms with van der Waals surface area (Å²) < 4.78 is 30.1. The van der Waals surface area contributed by atoms with Gasteiger partial charge in [-0.1, -0.05) is 18.2 Å². The second-order valence-electron chi connectivity index (χ2n) is 9.84. The lowest BCUT2D eigenvalue weighted by atomic mass is 10.0. The van der Waals surface area contributed by atoms with Crippen LogP contribution in [-0.2, 0) is 10.0 Å². The van der Waals surface area contributed by atoms with Crippen molar-refractivity contribution < 1.29 is 13.2 Å². The van der Waals surface area contributed by atoms with Crippen molar-refractivity contribution in [2.24, 2.45) is 0 Å². The number of aromatic nitrogens is 3. The van der Waals surface area contributed by atoms with Gasteiger partial charge < -0.3 is 5.32 Å². The molecule has 4 aromatic rings. The van der Waals surface area contributed by atoms with Crippen LogP contribution >= 0.6 is 0 Å². The maximum absolute atomic E-state index is 13.6. The third-order valence-electron chi connectivity index (χ3n) is 7.03. The summed E-state index contributed by atoms with van der Waals surface area (Å²) in [5, 5.41) is 7.60. The molecular formula is C28H31N5O3S. The summed E-state index contributed by atoms with van der Waals surface area (Å²) in [6, 6.07) is 12.9. The van der Waals surface area contributed by atoms with Crippen molar-refractivity contribution in [3.05, 3.63) is 76.2 Å². The zero-order valence-electron chi connectivity index (χ0n) is 21.8. The number of hydrogen-bond donors (Lipinski definition) is 1. The van der Waals surface area contributed by atoms with Crippen LogP contribution in [0.1, 0.15) is 51.4 Å². The average Bonchev–Trinajstić information content (AvgIpc) is 3.51. The number of sulfonamides is 1. The first-order valence-electron chi connectivity index (χ1n) is 12.4. The Labute approximate surface area is 217 Å². The highest BCUT2D eigenvalue weighted by Gasteiger charge is 2.30. The molecule has 0 saturated carbocycles. The second-order valence-corrected chi connectivity index (χ2v) is 11.7. The summed E-state index contributed by atoms with van der Waals surface area (Å²) in [7, 11) is -3.66. The van der Waals surface area contributed by atoms with Gasteiger partial charge in [-0.2, -0.15) is 9.40 Å². The lowest BCUT2D eigenvalue weighted by Gasteiger charge is -2.18. The molecule has 1 fully saturated rings. The molecule has 37 heavy (non-hydrogen) atoms. The van der Waals surface area contributed by atoms with Gasteiger partial charge in [0.1, 0.15) is 0 Å². The number of benzene rings is 2. The van der Waals surface area contributed by atoms with E-state index in [2.05, 4.69) is 10.4 Å². The van der Waals surface area contributed by atoms with Gasteiger partial charge >= 0.3 is 0 Å². The number of carbonyl (C=O) groups is 1. The van der Waals surface area contributed by atoms with Crippen LogP contribution in [0.2, 0.25) is 0 Å². The van der Waals surface area contributed by atoms with Crippen molar-refractivity contribution in [1.29, 1.82) is 0 Å². The Bertz CT molecular complexity index is 1650. The van der Waals surface area contributed by atoms with Gasteiger partial charge in [-0.05, 0) is 94.0 Å². The zero-order chi connectivity index (χ0) is 26.5. The second kappa shape index (κ2) is 9.39. The third-order valence-corrected chi connectivity index (χ3v) is 9.08. The summed E-state index contributed by atoms with van der Waals surface area (Å²) in [4.78, 5) is 18.5. The van der Waals surface area contributed by atoms with E-state index in [1.807, 2.05) is 58.0 Å². The first-order chi connectivity index (χ1) is 17.6. The minimum atomic E-state index is -3.66. The molecule has 0 unspecified atom stereocenters. The lowest BCUT2D eigenvalue weighted by molar-refractivity contribution is 0.102. The van der Waals surface area contributed by atoms with Crippen LogP contribution < -0.4 is 5.32 Å². The molecule has 0 bridgehead atoms. The Hall–Kier alpha value is -3.56. The van der Waals surface area contributed by atoms with Gasteiger partial charge in [0.2, 0.25) is 10.0 Å². The molecule has 1 amide bonds. The van der Waals surface area contributed by atoms with E-state index in [0.717, 1.165) is 35.4 Å². The smallest absolute Gasteiger partial charge is 0.276 e. The van der Waals surface area contributed by atoms with Gasteiger partial charge in [-0.15, -0.1) is 0 Å². The number of aryl methyl sites for hydroxylation is 5. The first-order valence-corrected chi connectivity index (χ1v) is 13.9. The van der Waals surface area contributed by atoms with Gasteiger partial charge in [0.15, 0.2) is 11.3 Å². The lowest BCUT2D eigenvalue weighted by Crippen LogP contribution is -2.28. The highest BCUT2D eigenvalue weighted by atomic mass is 32.2. The Kier molecular flexibility index (Phi) is 6.37. The number of fused-ring (bicyclic) bond motifs is 1. The summed E-state index contributed by atoms with van der Waals surface area (Å²) >= 11 is 0. The van der Waals surface area contributed by atoms with Crippen molar-refractivity contribution in [2.45, 2.75) is 52.4 Å². The number of nitrogens with one attached hydrogen (secondary N) is 1. The molecule has 5 rings (SSSR count). The largest absolute Gasteiger partial charge is 0.321 e. The predicted octanol–water partition coefficient (Wildman–Crippen LogP) is 4.98. The molecule has 1 saturated heterocycles. The molecule has 0 aliphatic carbocycles. The number of carbonyl (C=O) groups excluding carboxylic acids is 1. The molecule has 0 spiro atoms. The minimum Gasteiger partial charge on any atom is -0.321 e. The molecule has 1 N–H and O–H groups in total. The molecule has 192 valence electrons. The minimum absolute atomic E-state index is 0.188. The molecule has 2 aromatic carbocycles. The van der Waals surface area contributed by atoms with E-state index in [1.54, 1.807) is 23.6 Å². The van der Waals surface area contributed by atoms with E-state index >= 15 is 0 Å². The standard InChI is InChI=1S/C28H31N5O3S/c1-17-9-11-23(14-19(17)3)30-28(34)26-25(27-29-20(4)15-21(5)33(27)31-26)22-10-8-18(2)24(16-22)37(35,36)32-12-6-7-13-32/h8-11,14-16H,6-7,12-13H2,1-5H3,(H,30,34). The van der Waals surface area contributed by atoms with Gasteiger partial charge in [-0.3, -0.25) is 4.79 Å². The van der Waals surface area contributed by atoms with E-state index in [1.165, 1.54) is 4.31 Å². The van der Waals surface area contributed by atoms with Crippen LogP contribution in [-0.4, -0.2) is 46.3 Å². The van der Waals surface area contributed by atoms with Gasteiger partial charge in [0.05, 0.1) is 10.5 Å². The molecule has 0 atom stereocenters. The number of rotatable bonds is 5. The van der Waals surface area contributed by atoms with E-state index in [4.69, 9.17) is 4.98 Å². The fraction of sp³-hybridized carbons (Fsp3) is 0.321. The normalized spacial score (nSPS) is 14.4. The molecule has 1 aliphatic heterocycles. The van der Waals surface area contributed by atoms with Crippen LogP contribution in [0.25, 0.3) is 16.8 Å². The molecule has 3 heterocycles. The Morgan fingerprint density at radius 3 is 2.30 bits per heavy atom. The SMILES string of the molecule is Cc1cc(C)n2nc(C(=O)Nc3ccc(C)c(C)c3)c(-c3ccc(C)c(S(=O)(=O)N4CCCC4)c3)c2n1. The topological polar surface area (TPSA) is 96.7 Å². The maximum atomic E-state index is 13.6. The van der Waals surface area contributed by atoms with Crippen molar-refractivity contribution in [3.63, 3.8) is 0 Å². The fourth-order valence-electron chi connectivity index (χ4n) is 4.86. The van der Waals surface area contributed by atoms with Crippen molar-refractivity contribution in [2.75, 3.05) is 18.4 Å². The Morgan fingerprint density at radius 1 is 0.892 bits per heavy atom. The number of anilines is 1. The molecule has 0 radical (unpaired) electrons. The molecular weight excluding hydrogens is 486 g/mol. The van der Waals surface area contributed by atoms with E-state index in [0.29, 0.717) is 41.1 Å². The zero-order valence-corrected chi connectivity index (χ0v) is 22.6. The summed E-state index contributed by atoms with van der Waals surface area (Å²) in [5.74, 6) is -0.384. The quantitative estimate of drug-likeness (QED) is 0.403. The van der Waals surface area contributed by atoms with Crippen molar-refractivity contribution >= 4 is 27.3 Å². The van der Waals surface area contributed by atoms with Crippen LogP contribution in [0.15, 0.2) is 47.4 Å². The van der Waals surface area contributed by atoms with E-state index < -0.39 is 10.0 Å². The summed E-state index contributed by atoms with van der Waals surface area (Å²) in [6.45, 7) is 10.6. The predicted molar refractivity (Wildman–Crippen MR) is 144 cm³/mol. The van der Waals surface area contributed by atoms with Gasteiger partial charge in [0, 0.05) is 30.2 Å². The van der Waals surface area contributed by atoms with Crippen LogP contribution in [0, 0.1) is 34.6 Å². The Balaban J connectivity index is 1.68.